The summed E-state index contributed by atoms with van der Waals surface area (Å²) in [6, 6.07) is 0. The molecule has 0 spiro atoms. The Balaban J connectivity index is 2.45. The van der Waals surface area contributed by atoms with Crippen LogP contribution in [0.15, 0.2) is 24.3 Å². The van der Waals surface area contributed by atoms with Crippen LogP contribution in [-0.4, -0.2) is 76.8 Å². The normalized spacial score (nSPS) is 36.7. The van der Waals surface area contributed by atoms with E-state index in [1.165, 1.54) is 0 Å². The molecule has 0 aliphatic heterocycles. The maximum Gasteiger partial charge on any atom is 0.336 e. The molecule has 9 nitrogen and oxygen atoms in total. The summed E-state index contributed by atoms with van der Waals surface area (Å²) >= 11 is 0. The van der Waals surface area contributed by atoms with E-state index in [1.807, 2.05) is 0 Å². The SMILES string of the molecule is C=C(C(=O)OC)[C@@H]1[C@@H](O)[C@@H]2[C@@H](C=O)CC[C@@H](O)[C@@]2(C)C[C@@H]1OC(=O)C(=C)[C@@H](O)CO. The van der Waals surface area contributed by atoms with Crippen molar-refractivity contribution < 1.29 is 44.3 Å². The van der Waals surface area contributed by atoms with Crippen LogP contribution in [0.5, 0.6) is 0 Å². The third kappa shape index (κ3) is 4.20. The summed E-state index contributed by atoms with van der Waals surface area (Å²) in [4.78, 5) is 36.3. The molecule has 8 atom stereocenters. The fourth-order valence-corrected chi connectivity index (χ4v) is 4.91. The molecule has 0 amide bonds. The minimum absolute atomic E-state index is 0.0369. The van der Waals surface area contributed by atoms with Gasteiger partial charge in [-0.15, -0.1) is 0 Å². The first-order chi connectivity index (χ1) is 14.0. The highest BCUT2D eigenvalue weighted by molar-refractivity contribution is 5.90. The number of aldehydes is 1. The van der Waals surface area contributed by atoms with Gasteiger partial charge in [-0.3, -0.25) is 0 Å². The van der Waals surface area contributed by atoms with Crippen molar-refractivity contribution in [3.05, 3.63) is 24.3 Å². The van der Waals surface area contributed by atoms with Gasteiger partial charge in [0.05, 0.1) is 37.4 Å². The third-order valence-corrected chi connectivity index (χ3v) is 6.66. The summed E-state index contributed by atoms with van der Waals surface area (Å²) in [5.74, 6) is -4.16. The lowest BCUT2D eigenvalue weighted by atomic mass is 9.51. The van der Waals surface area contributed by atoms with Gasteiger partial charge >= 0.3 is 11.9 Å². The molecule has 2 aliphatic rings. The van der Waals surface area contributed by atoms with Crippen molar-refractivity contribution in [1.82, 2.24) is 0 Å². The first-order valence-electron chi connectivity index (χ1n) is 9.80. The monoisotopic (exact) mass is 426 g/mol. The lowest BCUT2D eigenvalue weighted by molar-refractivity contribution is -0.198. The van der Waals surface area contributed by atoms with Crippen LogP contribution in [-0.2, 0) is 23.9 Å². The van der Waals surface area contributed by atoms with Crippen LogP contribution in [0.3, 0.4) is 0 Å². The Hall–Kier alpha value is -2.07. The lowest BCUT2D eigenvalue weighted by Gasteiger charge is -2.56. The molecule has 0 radical (unpaired) electrons. The van der Waals surface area contributed by atoms with Gasteiger partial charge in [0.2, 0.25) is 0 Å². The Labute approximate surface area is 175 Å². The molecule has 0 unspecified atom stereocenters. The van der Waals surface area contributed by atoms with E-state index in [4.69, 9.17) is 14.6 Å². The fraction of sp³-hybridized carbons (Fsp3) is 0.667. The van der Waals surface area contributed by atoms with Gasteiger partial charge in [0, 0.05) is 22.8 Å². The molecule has 2 aliphatic carbocycles. The van der Waals surface area contributed by atoms with E-state index in [9.17, 15) is 29.7 Å². The quantitative estimate of drug-likeness (QED) is 0.240. The molecule has 4 N–H and O–H groups in total. The van der Waals surface area contributed by atoms with Crippen molar-refractivity contribution in [3.8, 4) is 0 Å². The third-order valence-electron chi connectivity index (χ3n) is 6.66. The van der Waals surface area contributed by atoms with Crippen LogP contribution in [0.25, 0.3) is 0 Å². The summed E-state index contributed by atoms with van der Waals surface area (Å²) in [6.07, 6.45) is -3.34. The summed E-state index contributed by atoms with van der Waals surface area (Å²) < 4.78 is 10.2. The van der Waals surface area contributed by atoms with Gasteiger partial charge in [0.1, 0.15) is 18.5 Å². The summed E-state index contributed by atoms with van der Waals surface area (Å²) in [6.45, 7) is 8.08. The second kappa shape index (κ2) is 9.38. The van der Waals surface area contributed by atoms with E-state index in [-0.39, 0.29) is 12.0 Å². The molecule has 0 aromatic rings. The Morgan fingerprint density at radius 3 is 2.40 bits per heavy atom. The zero-order valence-corrected chi connectivity index (χ0v) is 17.2. The standard InChI is InChI=1S/C21H30O9/c1-10(13(24)9-23)20(28)30-14-7-21(3)15(25)6-5-12(8-22)17(21)18(26)16(14)11(2)19(27)29-4/h8,12-18,23-26H,1-2,5-7,9H2,3-4H3/t12-,13+,14+,15-,16+,17+,18-,21-/m1/s1. The molecular formula is C21H30O9. The van der Waals surface area contributed by atoms with Gasteiger partial charge in [-0.25, -0.2) is 9.59 Å². The molecule has 30 heavy (non-hydrogen) atoms. The van der Waals surface area contributed by atoms with Crippen LogP contribution in [0.1, 0.15) is 26.2 Å². The number of hydrogen-bond acceptors (Lipinski definition) is 9. The fourth-order valence-electron chi connectivity index (χ4n) is 4.91. The average Bonchev–Trinajstić information content (AvgIpc) is 2.72. The first-order valence-corrected chi connectivity index (χ1v) is 9.80. The summed E-state index contributed by atoms with van der Waals surface area (Å²) in [5, 5.41) is 40.6. The second-order valence-electron chi connectivity index (χ2n) is 8.33. The number of esters is 2. The predicted molar refractivity (Wildman–Crippen MR) is 104 cm³/mol. The van der Waals surface area contributed by atoms with Gasteiger partial charge in [-0.05, 0) is 19.3 Å². The highest BCUT2D eigenvalue weighted by atomic mass is 16.5. The van der Waals surface area contributed by atoms with Crippen molar-refractivity contribution in [2.75, 3.05) is 13.7 Å². The van der Waals surface area contributed by atoms with Crippen molar-refractivity contribution in [2.45, 2.75) is 50.6 Å². The lowest BCUT2D eigenvalue weighted by Crippen LogP contribution is -2.62. The summed E-state index contributed by atoms with van der Waals surface area (Å²) in [5.41, 5.74) is -1.50. The number of aliphatic hydroxyl groups is 4. The van der Waals surface area contributed by atoms with E-state index in [0.717, 1.165) is 13.4 Å². The van der Waals surface area contributed by atoms with Crippen molar-refractivity contribution >= 4 is 18.2 Å². The maximum atomic E-state index is 12.5. The molecule has 9 heteroatoms. The zero-order valence-electron chi connectivity index (χ0n) is 17.2. The average molecular weight is 426 g/mol. The van der Waals surface area contributed by atoms with Crippen molar-refractivity contribution in [2.24, 2.45) is 23.2 Å². The van der Waals surface area contributed by atoms with E-state index in [0.29, 0.717) is 12.8 Å². The molecule has 168 valence electrons. The smallest absolute Gasteiger partial charge is 0.336 e. The number of methoxy groups -OCH3 is 1. The van der Waals surface area contributed by atoms with Crippen molar-refractivity contribution in [3.63, 3.8) is 0 Å². The van der Waals surface area contributed by atoms with Gasteiger partial charge < -0.3 is 34.7 Å². The largest absolute Gasteiger partial charge is 0.466 e. The van der Waals surface area contributed by atoms with Crippen LogP contribution in [0, 0.1) is 23.2 Å². The van der Waals surface area contributed by atoms with E-state index >= 15 is 0 Å². The Bertz CT molecular complexity index is 717. The Morgan fingerprint density at radius 2 is 1.87 bits per heavy atom. The minimum atomic E-state index is -1.53. The minimum Gasteiger partial charge on any atom is -0.466 e. The second-order valence-corrected chi connectivity index (χ2v) is 8.33. The zero-order chi connectivity index (χ0) is 22.8. The molecular weight excluding hydrogens is 396 g/mol. The molecule has 0 aromatic heterocycles. The van der Waals surface area contributed by atoms with Gasteiger partial charge in [0.15, 0.2) is 0 Å². The first kappa shape index (κ1) is 24.2. The highest BCUT2D eigenvalue weighted by Crippen LogP contribution is 2.55. The number of ether oxygens (including phenoxy) is 2. The van der Waals surface area contributed by atoms with Gasteiger partial charge in [-0.1, -0.05) is 20.1 Å². The highest BCUT2D eigenvalue weighted by Gasteiger charge is 2.60. The number of aliphatic hydroxyl groups excluding tert-OH is 4. The van der Waals surface area contributed by atoms with Crippen LogP contribution < -0.4 is 0 Å². The Kier molecular flexibility index (Phi) is 7.57. The molecule has 0 heterocycles. The topological polar surface area (TPSA) is 151 Å². The molecule has 2 fully saturated rings. The van der Waals surface area contributed by atoms with E-state index in [2.05, 4.69) is 13.2 Å². The number of fused-ring (bicyclic) bond motifs is 1. The molecule has 0 bridgehead atoms. The number of carbonyl (C=O) groups is 3. The van der Waals surface area contributed by atoms with Crippen LogP contribution >= 0.6 is 0 Å². The number of hydrogen-bond donors (Lipinski definition) is 4. The van der Waals surface area contributed by atoms with Crippen LogP contribution in [0.2, 0.25) is 0 Å². The van der Waals surface area contributed by atoms with E-state index in [1.54, 1.807) is 6.92 Å². The van der Waals surface area contributed by atoms with Crippen molar-refractivity contribution in [1.29, 1.82) is 0 Å². The Morgan fingerprint density at radius 1 is 1.23 bits per heavy atom. The molecule has 0 aromatic carbocycles. The van der Waals surface area contributed by atoms with Crippen LogP contribution in [0.4, 0.5) is 0 Å². The summed E-state index contributed by atoms with van der Waals surface area (Å²) in [7, 11) is 1.14. The van der Waals surface area contributed by atoms with E-state index < -0.39 is 71.7 Å². The van der Waals surface area contributed by atoms with Gasteiger partial charge in [-0.2, -0.15) is 0 Å². The molecule has 0 saturated heterocycles. The molecule has 2 saturated carbocycles. The predicted octanol–water partition coefficient (Wildman–Crippen LogP) is -0.490. The number of carbonyl (C=O) groups excluding carboxylic acids is 3. The number of rotatable bonds is 7. The molecule has 2 rings (SSSR count). The van der Waals surface area contributed by atoms with Gasteiger partial charge in [0.25, 0.3) is 0 Å². The maximum absolute atomic E-state index is 12.5.